The zero-order valence-electron chi connectivity index (χ0n) is 41.5. The molecular formula is C47H89B2N7O11. The van der Waals surface area contributed by atoms with Gasteiger partial charge >= 0.3 is 17.9 Å². The van der Waals surface area contributed by atoms with Crippen LogP contribution in [0.5, 0.6) is 0 Å². The number of carbonyl (C=O) groups excluding carboxylic acids is 5. The topological polar surface area (TPSA) is 309 Å². The number of carbonyl (C=O) groups is 8. The molecule has 3 unspecified atom stereocenters. The number of rotatable bonds is 42. The molecule has 0 aliphatic carbocycles. The van der Waals surface area contributed by atoms with E-state index in [1.54, 1.807) is 13.8 Å². The van der Waals surface area contributed by atoms with Crippen molar-refractivity contribution in [3.63, 3.8) is 0 Å². The molecule has 12 N–H and O–H groups in total. The van der Waals surface area contributed by atoms with E-state index in [0.717, 1.165) is 38.5 Å². The molecule has 384 valence electrons. The van der Waals surface area contributed by atoms with Gasteiger partial charge in [-0.25, -0.2) is 4.79 Å². The fourth-order valence-electron chi connectivity index (χ4n) is 6.48. The van der Waals surface area contributed by atoms with E-state index >= 15 is 0 Å². The smallest absolute Gasteiger partial charge is 0.326 e. The molecule has 0 rings (SSSR count). The van der Waals surface area contributed by atoms with Crippen LogP contribution in [0.25, 0.3) is 0 Å². The quantitative estimate of drug-likeness (QED) is 0.0294. The molecule has 67 heavy (non-hydrogen) atoms. The lowest BCUT2D eigenvalue weighted by Gasteiger charge is -2.15. The monoisotopic (exact) mass is 950 g/mol. The van der Waals surface area contributed by atoms with Crippen LogP contribution in [0.4, 0.5) is 0 Å². The first-order valence-electron chi connectivity index (χ1n) is 25.0. The minimum Gasteiger partial charge on any atom is -0.481 e. The second-order valence-corrected chi connectivity index (χ2v) is 17.1. The number of hydrogen-bond acceptors (Lipinski definition) is 11. The third-order valence-electron chi connectivity index (χ3n) is 10.8. The van der Waals surface area contributed by atoms with E-state index in [-0.39, 0.29) is 60.9 Å². The van der Waals surface area contributed by atoms with Gasteiger partial charge in [0.1, 0.15) is 6.04 Å². The Hall–Kier alpha value is -4.03. The van der Waals surface area contributed by atoms with Gasteiger partial charge in [0.25, 0.3) is 0 Å². The van der Waals surface area contributed by atoms with E-state index in [2.05, 4.69) is 26.5 Å². The summed E-state index contributed by atoms with van der Waals surface area (Å²) in [5, 5.41) is 40.2. The number of unbranched alkanes of at least 4 members (excludes halogenated alkanes) is 16. The van der Waals surface area contributed by atoms with Gasteiger partial charge in [-0.05, 0) is 77.0 Å². The van der Waals surface area contributed by atoms with Crippen molar-refractivity contribution in [2.24, 2.45) is 17.4 Å². The number of carboxylic acid groups (broad SMARTS) is 3. The molecule has 4 amide bonds. The first kappa shape index (κ1) is 67.2. The van der Waals surface area contributed by atoms with Crippen molar-refractivity contribution in [2.45, 2.75) is 225 Å². The van der Waals surface area contributed by atoms with Crippen LogP contribution < -0.4 is 38.0 Å². The Morgan fingerprint density at radius 1 is 0.463 bits per heavy atom. The SMILES string of the molecule is CC.[B]C(=O)C(C)C.[B]NC(CCCCNC(=O)C(N)CCCCNC(=O)[C@@H](N)CCCCNC(=O)CCC(NC(=O)CCCCCCCCCCCCCCCCC(=O)O)C(=O)O)C(=O)O. The fourth-order valence-corrected chi connectivity index (χ4v) is 6.48. The molecule has 4 atom stereocenters. The number of hydrogen-bond donors (Lipinski definition) is 10. The second-order valence-electron chi connectivity index (χ2n) is 17.1. The van der Waals surface area contributed by atoms with Crippen molar-refractivity contribution in [2.75, 3.05) is 19.6 Å². The van der Waals surface area contributed by atoms with Crippen molar-refractivity contribution >= 4 is 63.0 Å². The molecule has 18 nitrogen and oxygen atoms in total. The van der Waals surface area contributed by atoms with Crippen LogP contribution in [0.3, 0.4) is 0 Å². The van der Waals surface area contributed by atoms with Crippen LogP contribution >= 0.6 is 0 Å². The molecule has 20 heteroatoms. The summed E-state index contributed by atoms with van der Waals surface area (Å²) in [5.74, 6) is -4.16. The maximum absolute atomic E-state index is 12.4. The standard InChI is InChI=1S/C41H76BN7O10.C4H7BO.C2H6/c42-49-34(41(58)59)23-17-20-30-47-39(55)32(44)22-16-19-29-46-38(54)31(43)21-15-18-28-45-35(50)27-26-33(40(56)57)48-36(51)24-13-11-9-7-5-3-1-2-4-6-8-10-12-14-25-37(52)53;1-3(2)4(5)6;1-2/h31-34,49H,1-30,43-44H2,(H,45,50)(H,46,54)(H,47,55)(H,48,51)(H,52,53)(H,56,57)(H,58,59);3H,1-2H3;1-2H3/t31-,32?,33?,34?;;/m0../s1. The number of aliphatic carboxylic acids is 3. The Labute approximate surface area is 404 Å². The van der Waals surface area contributed by atoms with Crippen LogP contribution in [0.2, 0.25) is 0 Å². The Balaban J connectivity index is -0.00000470. The molecule has 0 fully saturated rings. The summed E-state index contributed by atoms with van der Waals surface area (Å²) < 4.78 is 0. The molecular weight excluding hydrogens is 860 g/mol. The number of carboxylic acids is 3. The summed E-state index contributed by atoms with van der Waals surface area (Å²) in [5.41, 5.74) is 11.7. The molecule has 4 radical (unpaired) electrons. The van der Waals surface area contributed by atoms with Crippen LogP contribution in [0, 0.1) is 5.92 Å². The van der Waals surface area contributed by atoms with Crippen molar-refractivity contribution in [3.8, 4) is 0 Å². The molecule has 0 saturated heterocycles. The molecule has 0 heterocycles. The summed E-state index contributed by atoms with van der Waals surface area (Å²) in [7, 11) is 9.99. The van der Waals surface area contributed by atoms with E-state index in [1.165, 1.54) is 44.9 Å². The molecule has 0 aromatic heterocycles. The van der Waals surface area contributed by atoms with Gasteiger partial charge in [0.05, 0.1) is 23.8 Å². The summed E-state index contributed by atoms with van der Waals surface area (Å²) in [6, 6.07) is -3.36. The minimum atomic E-state index is -1.18. The van der Waals surface area contributed by atoms with Gasteiger partial charge in [-0.15, -0.1) is 0 Å². The Morgan fingerprint density at radius 3 is 1.18 bits per heavy atom. The highest BCUT2D eigenvalue weighted by Gasteiger charge is 2.21. The number of nitrogens with one attached hydrogen (secondary N) is 5. The average Bonchev–Trinajstić information content (AvgIpc) is 3.28. The highest BCUT2D eigenvalue weighted by Crippen LogP contribution is 2.14. The van der Waals surface area contributed by atoms with Crippen molar-refractivity contribution in [3.05, 3.63) is 0 Å². The normalized spacial score (nSPS) is 12.5. The third kappa shape index (κ3) is 45.5. The maximum atomic E-state index is 12.4. The zero-order chi connectivity index (χ0) is 51.3. The first-order valence-corrected chi connectivity index (χ1v) is 25.0. The Kier molecular flexibility index (Phi) is 47.2. The van der Waals surface area contributed by atoms with Gasteiger partial charge in [0, 0.05) is 44.8 Å². The van der Waals surface area contributed by atoms with E-state index in [9.17, 15) is 43.5 Å². The van der Waals surface area contributed by atoms with Crippen molar-refractivity contribution in [1.29, 1.82) is 0 Å². The van der Waals surface area contributed by atoms with Gasteiger partial charge in [-0.1, -0.05) is 105 Å². The van der Waals surface area contributed by atoms with E-state index in [0.29, 0.717) is 83.8 Å². The fraction of sp³-hybridized carbons (Fsp3) is 0.830. The van der Waals surface area contributed by atoms with Gasteiger partial charge in [0.2, 0.25) is 23.6 Å². The Morgan fingerprint density at radius 2 is 0.821 bits per heavy atom. The van der Waals surface area contributed by atoms with Crippen LogP contribution in [0.15, 0.2) is 0 Å². The van der Waals surface area contributed by atoms with Gasteiger partial charge in [0.15, 0.2) is 15.8 Å². The lowest BCUT2D eigenvalue weighted by molar-refractivity contribution is -0.142. The molecule has 0 bridgehead atoms. The summed E-state index contributed by atoms with van der Waals surface area (Å²) in [6.45, 7) is 8.65. The zero-order valence-corrected chi connectivity index (χ0v) is 41.5. The van der Waals surface area contributed by atoms with E-state index < -0.39 is 42.1 Å². The summed E-state index contributed by atoms with van der Waals surface area (Å²) >= 11 is 0. The predicted octanol–water partition coefficient (Wildman–Crippen LogP) is 4.67. The van der Waals surface area contributed by atoms with Crippen molar-refractivity contribution < 1.29 is 53.7 Å². The summed E-state index contributed by atoms with van der Waals surface area (Å²) in [4.78, 5) is 92.2. The van der Waals surface area contributed by atoms with Crippen LogP contribution in [-0.4, -0.2) is 122 Å². The van der Waals surface area contributed by atoms with Crippen molar-refractivity contribution in [1.82, 2.24) is 26.5 Å². The minimum absolute atomic E-state index is 0.00926. The van der Waals surface area contributed by atoms with Crippen LogP contribution in [0.1, 0.15) is 201 Å². The molecule has 0 aromatic carbocycles. The number of nitrogens with two attached hydrogens (primary N) is 2. The van der Waals surface area contributed by atoms with Crippen LogP contribution in [-0.2, 0) is 38.4 Å². The average molecular weight is 950 g/mol. The molecule has 0 aromatic rings. The lowest BCUT2D eigenvalue weighted by Crippen LogP contribution is -2.42. The van der Waals surface area contributed by atoms with Gasteiger partial charge < -0.3 is 58.1 Å². The summed E-state index contributed by atoms with van der Waals surface area (Å²) in [6.07, 6.45) is 20.3. The largest absolute Gasteiger partial charge is 0.481 e. The van der Waals surface area contributed by atoms with Gasteiger partial charge in [-0.3, -0.25) is 28.8 Å². The maximum Gasteiger partial charge on any atom is 0.326 e. The van der Waals surface area contributed by atoms with E-state index in [4.69, 9.17) is 37.5 Å². The molecule has 0 spiro atoms. The second kappa shape index (κ2) is 47.1. The van der Waals surface area contributed by atoms with Gasteiger partial charge in [-0.2, -0.15) is 0 Å². The highest BCUT2D eigenvalue weighted by molar-refractivity contribution is 6.58. The first-order chi connectivity index (χ1) is 31.9. The molecule has 0 saturated carbocycles. The molecule has 0 aliphatic heterocycles. The number of amides is 4. The molecule has 0 aliphatic rings. The highest BCUT2D eigenvalue weighted by atomic mass is 16.4. The third-order valence-corrected chi connectivity index (χ3v) is 10.8. The Bertz CT molecular complexity index is 1350. The van der Waals surface area contributed by atoms with E-state index in [1.807, 2.05) is 13.8 Å². The predicted molar refractivity (Wildman–Crippen MR) is 264 cm³/mol. The lowest BCUT2D eigenvalue weighted by atomic mass is 9.92.